The van der Waals surface area contributed by atoms with Crippen molar-refractivity contribution in [1.82, 2.24) is 30.2 Å². The number of aliphatic hydroxyl groups is 1. The van der Waals surface area contributed by atoms with Gasteiger partial charge in [0.1, 0.15) is 0 Å². The molecule has 4 rings (SSSR count). The van der Waals surface area contributed by atoms with E-state index in [1.54, 1.807) is 36.0 Å². The molecule has 0 aliphatic heterocycles. The minimum absolute atomic E-state index is 0.217. The Morgan fingerprint density at radius 3 is 2.72 bits per heavy atom. The number of aliphatic hydroxyl groups excluding tert-OH is 1. The average molecular weight is 431 g/mol. The van der Waals surface area contributed by atoms with Crippen LogP contribution in [0.5, 0.6) is 0 Å². The number of amides is 1. The van der Waals surface area contributed by atoms with Crippen LogP contribution in [0.4, 0.5) is 0 Å². The molecule has 8 heteroatoms. The van der Waals surface area contributed by atoms with Gasteiger partial charge in [0.15, 0.2) is 5.65 Å². The van der Waals surface area contributed by atoms with E-state index in [-0.39, 0.29) is 11.9 Å². The Morgan fingerprint density at radius 1 is 1.16 bits per heavy atom. The van der Waals surface area contributed by atoms with Crippen molar-refractivity contribution in [2.75, 3.05) is 13.1 Å². The van der Waals surface area contributed by atoms with Crippen LogP contribution < -0.4 is 10.6 Å². The maximum absolute atomic E-state index is 12.7. The van der Waals surface area contributed by atoms with Crippen LogP contribution in [0.15, 0.2) is 67.1 Å². The molecule has 0 aliphatic carbocycles. The second kappa shape index (κ2) is 9.67. The summed E-state index contributed by atoms with van der Waals surface area (Å²) in [6.07, 6.45) is 4.59. The first-order chi connectivity index (χ1) is 15.6. The second-order valence-corrected chi connectivity index (χ2v) is 7.55. The summed E-state index contributed by atoms with van der Waals surface area (Å²) in [5.74, 6) is -0.230. The number of nitrogens with one attached hydrogen (secondary N) is 2. The topological polar surface area (TPSA) is 104 Å². The third-order valence-corrected chi connectivity index (χ3v) is 5.27. The number of pyridine rings is 1. The Labute approximate surface area is 186 Å². The van der Waals surface area contributed by atoms with Crippen LogP contribution in [0.1, 0.15) is 24.2 Å². The standard InChI is InChI=1S/C24H26N6O2/c1-3-25-22(16(2)31)15-27-24(32)18-9-11-26-21(13-18)19-14-28-30-12-10-20(29-23(19)30)17-7-5-4-6-8-17/h4-14,16,22,25,31H,3,15H2,1-2H3,(H,27,32)/t16-,22+/m0/s1. The van der Waals surface area contributed by atoms with Gasteiger partial charge in [0.25, 0.3) is 5.91 Å². The highest BCUT2D eigenvalue weighted by atomic mass is 16.3. The fraction of sp³-hybridized carbons (Fsp3) is 0.250. The number of carbonyl (C=O) groups excluding carboxylic acids is 1. The average Bonchev–Trinajstić information content (AvgIpc) is 3.25. The summed E-state index contributed by atoms with van der Waals surface area (Å²) in [7, 11) is 0. The number of carbonyl (C=O) groups is 1. The van der Waals surface area contributed by atoms with Crippen molar-refractivity contribution < 1.29 is 9.90 Å². The van der Waals surface area contributed by atoms with E-state index in [9.17, 15) is 9.90 Å². The molecule has 0 unspecified atom stereocenters. The maximum atomic E-state index is 12.7. The zero-order valence-corrected chi connectivity index (χ0v) is 18.1. The number of hydrogen-bond acceptors (Lipinski definition) is 6. The van der Waals surface area contributed by atoms with Crippen molar-refractivity contribution in [2.24, 2.45) is 0 Å². The van der Waals surface area contributed by atoms with E-state index >= 15 is 0 Å². The molecule has 164 valence electrons. The summed E-state index contributed by atoms with van der Waals surface area (Å²) in [5.41, 5.74) is 4.35. The zero-order valence-electron chi connectivity index (χ0n) is 18.1. The lowest BCUT2D eigenvalue weighted by atomic mass is 10.1. The molecule has 0 radical (unpaired) electrons. The van der Waals surface area contributed by atoms with Gasteiger partial charge in [-0.1, -0.05) is 37.3 Å². The van der Waals surface area contributed by atoms with Crippen molar-refractivity contribution in [1.29, 1.82) is 0 Å². The van der Waals surface area contributed by atoms with Gasteiger partial charge in [-0.25, -0.2) is 9.50 Å². The van der Waals surface area contributed by atoms with Crippen LogP contribution in [0.3, 0.4) is 0 Å². The predicted octanol–water partition coefficient (Wildman–Crippen LogP) is 2.55. The SMILES string of the molecule is CCN[C@H](CNC(=O)c1ccnc(-c2cnn3ccc(-c4ccccc4)nc23)c1)[C@H](C)O. The molecule has 2 atom stereocenters. The molecule has 1 amide bonds. The van der Waals surface area contributed by atoms with Crippen molar-refractivity contribution in [3.8, 4) is 22.5 Å². The molecule has 3 N–H and O–H groups in total. The summed E-state index contributed by atoms with van der Waals surface area (Å²) in [4.78, 5) is 21.9. The first kappa shape index (κ1) is 21.6. The molecule has 4 aromatic rings. The third kappa shape index (κ3) is 4.66. The zero-order chi connectivity index (χ0) is 22.5. The summed E-state index contributed by atoms with van der Waals surface area (Å²) in [6, 6.07) is 15.0. The molecule has 0 saturated carbocycles. The fourth-order valence-corrected chi connectivity index (χ4v) is 3.52. The van der Waals surface area contributed by atoms with Gasteiger partial charge in [0.05, 0.1) is 35.3 Å². The van der Waals surface area contributed by atoms with Crippen molar-refractivity contribution in [3.05, 3.63) is 72.7 Å². The molecule has 0 fully saturated rings. The molecule has 0 saturated heterocycles. The molecule has 0 bridgehead atoms. The number of aromatic nitrogens is 4. The lowest BCUT2D eigenvalue weighted by Gasteiger charge is -2.21. The number of hydrogen-bond donors (Lipinski definition) is 3. The first-order valence-electron chi connectivity index (χ1n) is 10.6. The summed E-state index contributed by atoms with van der Waals surface area (Å²) in [5, 5.41) is 20.3. The number of benzene rings is 1. The highest BCUT2D eigenvalue weighted by Gasteiger charge is 2.17. The molecule has 3 aromatic heterocycles. The van der Waals surface area contributed by atoms with Gasteiger partial charge in [0.2, 0.25) is 0 Å². The third-order valence-electron chi connectivity index (χ3n) is 5.27. The number of rotatable bonds is 8. The van der Waals surface area contributed by atoms with E-state index in [1.165, 1.54) is 0 Å². The Kier molecular flexibility index (Phi) is 6.53. The molecule has 0 aliphatic rings. The van der Waals surface area contributed by atoms with Gasteiger partial charge in [-0.2, -0.15) is 5.10 Å². The van der Waals surface area contributed by atoms with E-state index in [4.69, 9.17) is 4.98 Å². The van der Waals surface area contributed by atoms with Gasteiger partial charge < -0.3 is 15.7 Å². The smallest absolute Gasteiger partial charge is 0.251 e. The van der Waals surface area contributed by atoms with Gasteiger partial charge in [-0.15, -0.1) is 0 Å². The fourth-order valence-electron chi connectivity index (χ4n) is 3.52. The molecular weight excluding hydrogens is 404 g/mol. The molecule has 0 spiro atoms. The highest BCUT2D eigenvalue weighted by Crippen LogP contribution is 2.25. The van der Waals surface area contributed by atoms with Crippen LogP contribution in [-0.2, 0) is 0 Å². The van der Waals surface area contributed by atoms with Gasteiger partial charge >= 0.3 is 0 Å². The summed E-state index contributed by atoms with van der Waals surface area (Å²) in [6.45, 7) is 4.68. The molecule has 32 heavy (non-hydrogen) atoms. The number of fused-ring (bicyclic) bond motifs is 1. The van der Waals surface area contributed by atoms with Crippen LogP contribution in [0, 0.1) is 0 Å². The van der Waals surface area contributed by atoms with Crippen LogP contribution in [-0.4, -0.2) is 55.8 Å². The van der Waals surface area contributed by atoms with Gasteiger partial charge in [0, 0.05) is 30.1 Å². The Bertz CT molecular complexity index is 1210. The van der Waals surface area contributed by atoms with E-state index in [0.717, 1.165) is 16.8 Å². The largest absolute Gasteiger partial charge is 0.392 e. The lowest BCUT2D eigenvalue weighted by molar-refractivity contribution is 0.0928. The van der Waals surface area contributed by atoms with Crippen LogP contribution in [0.25, 0.3) is 28.2 Å². The van der Waals surface area contributed by atoms with Crippen LogP contribution in [0.2, 0.25) is 0 Å². The Hall–Kier alpha value is -3.62. The van der Waals surface area contributed by atoms with E-state index in [1.807, 2.05) is 49.5 Å². The minimum Gasteiger partial charge on any atom is -0.392 e. The summed E-state index contributed by atoms with van der Waals surface area (Å²) < 4.78 is 1.69. The second-order valence-electron chi connectivity index (χ2n) is 7.55. The maximum Gasteiger partial charge on any atom is 0.251 e. The van der Waals surface area contributed by atoms with Crippen LogP contribution >= 0.6 is 0 Å². The Morgan fingerprint density at radius 2 is 1.97 bits per heavy atom. The van der Waals surface area contributed by atoms with E-state index in [2.05, 4.69) is 20.7 Å². The molecule has 1 aromatic carbocycles. The molecule has 3 heterocycles. The van der Waals surface area contributed by atoms with Gasteiger partial charge in [-0.05, 0) is 31.7 Å². The molecule has 8 nitrogen and oxygen atoms in total. The monoisotopic (exact) mass is 430 g/mol. The first-order valence-corrected chi connectivity index (χ1v) is 10.6. The van der Waals surface area contributed by atoms with E-state index in [0.29, 0.717) is 30.0 Å². The quantitative estimate of drug-likeness (QED) is 0.397. The van der Waals surface area contributed by atoms with Crippen molar-refractivity contribution >= 4 is 11.6 Å². The molecular formula is C24H26N6O2. The predicted molar refractivity (Wildman–Crippen MR) is 123 cm³/mol. The van der Waals surface area contributed by atoms with Gasteiger partial charge in [-0.3, -0.25) is 9.78 Å². The minimum atomic E-state index is -0.577. The van der Waals surface area contributed by atoms with E-state index < -0.39 is 6.10 Å². The van der Waals surface area contributed by atoms with Crippen molar-refractivity contribution in [3.63, 3.8) is 0 Å². The van der Waals surface area contributed by atoms with Crippen molar-refractivity contribution in [2.45, 2.75) is 26.0 Å². The summed E-state index contributed by atoms with van der Waals surface area (Å²) >= 11 is 0. The number of nitrogens with zero attached hydrogens (tertiary/aromatic N) is 4. The highest BCUT2D eigenvalue weighted by molar-refractivity contribution is 5.95. The Balaban J connectivity index is 1.60. The number of likely N-dealkylation sites (N-methyl/N-ethyl adjacent to an activating group) is 1. The normalized spacial score (nSPS) is 13.1. The lowest BCUT2D eigenvalue weighted by Crippen LogP contribution is -2.47.